The molecular weight excluding hydrogens is 1350 g/mol. The minimum absolute atomic E-state index is 0.107. The summed E-state index contributed by atoms with van der Waals surface area (Å²) in [6.45, 7) is 9.70. The standard InChI is InChI=1S/C85H166O17P2/c1-7-9-11-13-15-17-19-21-22-25-29-32-38-44-50-56-62-68-83(88)96-74-80(101-84(89)69-63-57-51-45-39-33-30-27-24-23-26-28-31-35-41-47-53-59-65-77(3)4)75-99-103(91,92)97-71-79(86)72-98-104(93,94)100-76-81(73-95-82(87)67-61-55-49-43-37-20-18-16-14-12-10-8-2)102-85(90)70-64-58-52-46-40-34-36-42-48-54-60-66-78(5)6/h77-81,86H,7-76H2,1-6H3,(H,91,92)(H,93,94)/t79-,80-,81-/m1/s1. The highest BCUT2D eigenvalue weighted by molar-refractivity contribution is 7.47. The Bertz CT molecular complexity index is 1990. The largest absolute Gasteiger partial charge is 0.472 e. The summed E-state index contributed by atoms with van der Waals surface area (Å²) in [5, 5.41) is 10.7. The molecule has 0 fully saturated rings. The van der Waals surface area contributed by atoms with Crippen LogP contribution in [-0.4, -0.2) is 96.7 Å². The molecule has 0 aliphatic rings. The highest BCUT2D eigenvalue weighted by atomic mass is 31.2. The van der Waals surface area contributed by atoms with E-state index in [0.717, 1.165) is 102 Å². The molecule has 0 radical (unpaired) electrons. The molecule has 618 valence electrons. The highest BCUT2D eigenvalue weighted by Crippen LogP contribution is 2.45. The molecule has 17 nitrogen and oxygen atoms in total. The first-order valence-electron chi connectivity index (χ1n) is 44.0. The molecule has 0 saturated heterocycles. The van der Waals surface area contributed by atoms with Crippen LogP contribution in [0.25, 0.3) is 0 Å². The third-order valence-electron chi connectivity index (χ3n) is 20.0. The zero-order chi connectivity index (χ0) is 76.4. The normalized spacial score (nSPS) is 13.8. The number of phosphoric ester groups is 2. The second-order valence-corrected chi connectivity index (χ2v) is 34.4. The minimum Gasteiger partial charge on any atom is -0.462 e. The molecule has 0 spiro atoms. The van der Waals surface area contributed by atoms with Crippen LogP contribution in [0.1, 0.15) is 452 Å². The van der Waals surface area contributed by atoms with Crippen molar-refractivity contribution in [3.8, 4) is 0 Å². The molecule has 19 heteroatoms. The van der Waals surface area contributed by atoms with Crippen molar-refractivity contribution in [1.82, 2.24) is 0 Å². The molecule has 5 atom stereocenters. The van der Waals surface area contributed by atoms with Gasteiger partial charge in [-0.25, -0.2) is 9.13 Å². The average Bonchev–Trinajstić information content (AvgIpc) is 0.904. The van der Waals surface area contributed by atoms with Crippen molar-refractivity contribution in [3.05, 3.63) is 0 Å². The summed E-state index contributed by atoms with van der Waals surface area (Å²) >= 11 is 0. The van der Waals surface area contributed by atoms with E-state index in [1.807, 2.05) is 0 Å². The highest BCUT2D eigenvalue weighted by Gasteiger charge is 2.30. The van der Waals surface area contributed by atoms with Gasteiger partial charge in [0.2, 0.25) is 0 Å². The molecule has 0 amide bonds. The van der Waals surface area contributed by atoms with Gasteiger partial charge in [-0.3, -0.25) is 37.3 Å². The second kappa shape index (κ2) is 76.4. The minimum atomic E-state index is -4.97. The van der Waals surface area contributed by atoms with Gasteiger partial charge in [-0.1, -0.05) is 401 Å². The van der Waals surface area contributed by atoms with E-state index in [0.29, 0.717) is 25.7 Å². The van der Waals surface area contributed by atoms with Gasteiger partial charge >= 0.3 is 39.5 Å². The third kappa shape index (κ3) is 78.2. The van der Waals surface area contributed by atoms with Crippen LogP contribution >= 0.6 is 15.6 Å². The zero-order valence-corrected chi connectivity index (χ0v) is 70.1. The van der Waals surface area contributed by atoms with Gasteiger partial charge in [-0.15, -0.1) is 0 Å². The summed E-state index contributed by atoms with van der Waals surface area (Å²) in [6.07, 6.45) is 67.9. The number of rotatable bonds is 84. The van der Waals surface area contributed by atoms with Gasteiger partial charge in [0.15, 0.2) is 12.2 Å². The number of carbonyl (C=O) groups is 4. The van der Waals surface area contributed by atoms with Crippen molar-refractivity contribution in [2.45, 2.75) is 471 Å². The summed E-state index contributed by atoms with van der Waals surface area (Å²) in [7, 11) is -9.93. The number of esters is 4. The number of phosphoric acid groups is 2. The smallest absolute Gasteiger partial charge is 0.462 e. The average molecular weight is 1520 g/mol. The Morgan fingerprint density at radius 1 is 0.260 bits per heavy atom. The number of ether oxygens (including phenoxy) is 4. The number of carbonyl (C=O) groups excluding carboxylic acids is 4. The molecule has 2 unspecified atom stereocenters. The molecule has 0 heterocycles. The lowest BCUT2D eigenvalue weighted by molar-refractivity contribution is -0.161. The maximum absolute atomic E-state index is 13.1. The van der Waals surface area contributed by atoms with E-state index in [1.54, 1.807) is 0 Å². The predicted molar refractivity (Wildman–Crippen MR) is 428 cm³/mol. The molecule has 0 saturated carbocycles. The van der Waals surface area contributed by atoms with Crippen LogP contribution in [0.4, 0.5) is 0 Å². The second-order valence-electron chi connectivity index (χ2n) is 31.5. The number of hydrogen-bond acceptors (Lipinski definition) is 15. The summed E-state index contributed by atoms with van der Waals surface area (Å²) < 4.78 is 68.9. The molecule has 0 bridgehead atoms. The van der Waals surface area contributed by atoms with Crippen LogP contribution in [0.3, 0.4) is 0 Å². The van der Waals surface area contributed by atoms with E-state index in [2.05, 4.69) is 41.5 Å². The molecular formula is C85H166O17P2. The van der Waals surface area contributed by atoms with Crippen molar-refractivity contribution < 1.29 is 80.2 Å². The SMILES string of the molecule is CCCCCCCCCCCCCCCCCCCC(=O)OC[C@H](COP(=O)(O)OC[C@@H](O)COP(=O)(O)OC[C@@H](COC(=O)CCCCCCCCCCCCCC)OC(=O)CCCCCCCCCCCCCC(C)C)OC(=O)CCCCCCCCCCCCCCCCCCCCC(C)C. The van der Waals surface area contributed by atoms with E-state index >= 15 is 0 Å². The summed E-state index contributed by atoms with van der Waals surface area (Å²) in [5.41, 5.74) is 0. The molecule has 0 aromatic heterocycles. The Kier molecular flexibility index (Phi) is 75.0. The Balaban J connectivity index is 5.24. The predicted octanol–water partition coefficient (Wildman–Crippen LogP) is 25.8. The van der Waals surface area contributed by atoms with Crippen molar-refractivity contribution in [3.63, 3.8) is 0 Å². The number of hydrogen-bond donors (Lipinski definition) is 3. The first-order valence-corrected chi connectivity index (χ1v) is 47.0. The molecule has 104 heavy (non-hydrogen) atoms. The van der Waals surface area contributed by atoms with Crippen molar-refractivity contribution in [2.75, 3.05) is 39.6 Å². The fourth-order valence-corrected chi connectivity index (χ4v) is 14.8. The molecule has 0 aromatic carbocycles. The molecule has 0 aliphatic heterocycles. The van der Waals surface area contributed by atoms with Gasteiger partial charge in [-0.2, -0.15) is 0 Å². The molecule has 0 aliphatic carbocycles. The lowest BCUT2D eigenvalue weighted by Crippen LogP contribution is -2.30. The van der Waals surface area contributed by atoms with E-state index in [1.165, 1.54) is 270 Å². The maximum atomic E-state index is 13.1. The summed E-state index contributed by atoms with van der Waals surface area (Å²) in [5.74, 6) is -0.516. The van der Waals surface area contributed by atoms with E-state index in [-0.39, 0.29) is 25.7 Å². The Morgan fingerprint density at radius 2 is 0.442 bits per heavy atom. The topological polar surface area (TPSA) is 237 Å². The number of aliphatic hydroxyl groups excluding tert-OH is 1. The van der Waals surface area contributed by atoms with Gasteiger partial charge < -0.3 is 33.8 Å². The third-order valence-corrected chi connectivity index (χ3v) is 21.9. The van der Waals surface area contributed by atoms with Crippen LogP contribution in [0.2, 0.25) is 0 Å². The van der Waals surface area contributed by atoms with Gasteiger partial charge in [0.25, 0.3) is 0 Å². The number of aliphatic hydroxyl groups is 1. The van der Waals surface area contributed by atoms with Crippen molar-refractivity contribution >= 4 is 39.5 Å². The quantitative estimate of drug-likeness (QED) is 0.0222. The van der Waals surface area contributed by atoms with E-state index in [4.69, 9.17) is 37.0 Å². The van der Waals surface area contributed by atoms with Gasteiger partial charge in [-0.05, 0) is 37.5 Å². The monoisotopic (exact) mass is 1520 g/mol. The fraction of sp³-hybridized carbons (Fsp3) is 0.953. The first kappa shape index (κ1) is 102. The Morgan fingerprint density at radius 3 is 0.654 bits per heavy atom. The first-order chi connectivity index (χ1) is 50.4. The van der Waals surface area contributed by atoms with Gasteiger partial charge in [0, 0.05) is 25.7 Å². The van der Waals surface area contributed by atoms with E-state index < -0.39 is 97.5 Å². The fourth-order valence-electron chi connectivity index (χ4n) is 13.2. The lowest BCUT2D eigenvalue weighted by atomic mass is 10.0. The van der Waals surface area contributed by atoms with Crippen LogP contribution in [0.5, 0.6) is 0 Å². The van der Waals surface area contributed by atoms with Crippen LogP contribution in [0, 0.1) is 11.8 Å². The lowest BCUT2D eigenvalue weighted by Gasteiger charge is -2.21. The van der Waals surface area contributed by atoms with Crippen molar-refractivity contribution in [1.29, 1.82) is 0 Å². The summed E-state index contributed by atoms with van der Waals surface area (Å²) in [4.78, 5) is 73.2. The van der Waals surface area contributed by atoms with Crippen LogP contribution in [-0.2, 0) is 65.4 Å². The number of unbranched alkanes of at least 4 members (excludes halogenated alkanes) is 54. The van der Waals surface area contributed by atoms with Gasteiger partial charge in [0.1, 0.15) is 19.3 Å². The Labute approximate surface area is 638 Å². The zero-order valence-electron chi connectivity index (χ0n) is 68.3. The molecule has 3 N–H and O–H groups in total. The van der Waals surface area contributed by atoms with Crippen LogP contribution in [0.15, 0.2) is 0 Å². The van der Waals surface area contributed by atoms with Gasteiger partial charge in [0.05, 0.1) is 26.4 Å². The van der Waals surface area contributed by atoms with Crippen molar-refractivity contribution in [2.24, 2.45) is 11.8 Å². The summed E-state index contributed by atoms with van der Waals surface area (Å²) in [6, 6.07) is 0. The maximum Gasteiger partial charge on any atom is 0.472 e. The van der Waals surface area contributed by atoms with E-state index in [9.17, 15) is 43.2 Å². The molecule has 0 rings (SSSR count). The Hall–Kier alpha value is -1.94. The molecule has 0 aromatic rings. The van der Waals surface area contributed by atoms with Crippen LogP contribution < -0.4 is 0 Å².